The summed E-state index contributed by atoms with van der Waals surface area (Å²) in [6, 6.07) is 3.51. The molecule has 0 atom stereocenters. The molecule has 0 aliphatic carbocycles. The maximum atomic E-state index is 7.49. The van der Waals surface area contributed by atoms with Crippen LogP contribution in [-0.2, 0) is 0 Å². The SMILES string of the molecule is C=C/C=C/C=C(/[NH-])c1ccco1.[Li+]. The molecule has 0 saturated carbocycles. The van der Waals surface area contributed by atoms with Crippen LogP contribution in [0, 0.1) is 0 Å². The first kappa shape index (κ1) is 11.9. The summed E-state index contributed by atoms with van der Waals surface area (Å²) in [6.45, 7) is 3.52. The van der Waals surface area contributed by atoms with Gasteiger partial charge in [-0.2, -0.15) is 0 Å². The Bertz CT molecular complexity index is 299. The number of furan rings is 1. The minimum Gasteiger partial charge on any atom is -0.696 e. The van der Waals surface area contributed by atoms with Crippen LogP contribution in [0.4, 0.5) is 0 Å². The molecule has 0 unspecified atom stereocenters. The van der Waals surface area contributed by atoms with Crippen molar-refractivity contribution in [3.05, 3.63) is 60.8 Å². The van der Waals surface area contributed by atoms with Crippen LogP contribution in [0.5, 0.6) is 0 Å². The molecule has 0 saturated heterocycles. The van der Waals surface area contributed by atoms with Crippen molar-refractivity contribution in [3.8, 4) is 0 Å². The van der Waals surface area contributed by atoms with Crippen molar-refractivity contribution in [2.75, 3.05) is 0 Å². The molecule has 0 amide bonds. The van der Waals surface area contributed by atoms with E-state index < -0.39 is 0 Å². The van der Waals surface area contributed by atoms with Gasteiger partial charge in [-0.25, -0.2) is 0 Å². The summed E-state index contributed by atoms with van der Waals surface area (Å²) in [5.74, 6) is 0.573. The van der Waals surface area contributed by atoms with Crippen molar-refractivity contribution in [2.45, 2.75) is 0 Å². The molecule has 1 aromatic rings. The molecule has 62 valence electrons. The van der Waals surface area contributed by atoms with Crippen LogP contribution in [-0.4, -0.2) is 0 Å². The van der Waals surface area contributed by atoms with Crippen LogP contribution < -0.4 is 18.9 Å². The van der Waals surface area contributed by atoms with E-state index >= 15 is 0 Å². The van der Waals surface area contributed by atoms with Gasteiger partial charge in [0.15, 0.2) is 0 Å². The van der Waals surface area contributed by atoms with E-state index in [0.29, 0.717) is 11.5 Å². The van der Waals surface area contributed by atoms with Crippen LogP contribution >= 0.6 is 0 Å². The van der Waals surface area contributed by atoms with Gasteiger partial charge >= 0.3 is 18.9 Å². The standard InChI is InChI=1S/C10H10NO.Li/c1-2-3-4-6-9(11)10-7-5-8-12-10;/h2-8,11H,1H2;/q-1;+1/b4-3+,9-6+;. The van der Waals surface area contributed by atoms with Gasteiger partial charge < -0.3 is 10.2 Å². The smallest absolute Gasteiger partial charge is 0.696 e. The molecule has 1 N–H and O–H groups in total. The van der Waals surface area contributed by atoms with Crippen LogP contribution in [0.3, 0.4) is 0 Å². The van der Waals surface area contributed by atoms with Gasteiger partial charge in [0, 0.05) is 0 Å². The number of hydrogen-bond acceptors (Lipinski definition) is 1. The molecule has 0 aliphatic rings. The van der Waals surface area contributed by atoms with Gasteiger partial charge in [-0.15, -0.1) is 0 Å². The normalized spacial score (nSPS) is 11.2. The van der Waals surface area contributed by atoms with Crippen molar-refractivity contribution in [3.63, 3.8) is 0 Å². The van der Waals surface area contributed by atoms with Gasteiger partial charge in [0.2, 0.25) is 0 Å². The molecule has 0 bridgehead atoms. The summed E-state index contributed by atoms with van der Waals surface area (Å²) in [4.78, 5) is 0. The predicted octanol–water partition coefficient (Wildman–Crippen LogP) is 0.419. The van der Waals surface area contributed by atoms with Crippen molar-refractivity contribution in [2.24, 2.45) is 0 Å². The minimum atomic E-state index is 0. The number of allylic oxidation sites excluding steroid dienone is 4. The van der Waals surface area contributed by atoms with Crippen molar-refractivity contribution in [1.29, 1.82) is 0 Å². The Labute approximate surface area is 90.0 Å². The number of rotatable bonds is 3. The summed E-state index contributed by atoms with van der Waals surface area (Å²) >= 11 is 0. The maximum Gasteiger partial charge on any atom is 1.00 e. The van der Waals surface area contributed by atoms with Gasteiger partial charge in [-0.3, -0.25) is 0 Å². The van der Waals surface area contributed by atoms with E-state index in [0.717, 1.165) is 0 Å². The third-order valence-corrected chi connectivity index (χ3v) is 1.30. The molecule has 1 rings (SSSR count). The Morgan fingerprint density at radius 2 is 2.23 bits per heavy atom. The largest absolute Gasteiger partial charge is 1.00 e. The van der Waals surface area contributed by atoms with Gasteiger partial charge in [-0.1, -0.05) is 36.6 Å². The molecule has 13 heavy (non-hydrogen) atoms. The van der Waals surface area contributed by atoms with Gasteiger partial charge in [-0.05, 0) is 12.1 Å². The van der Waals surface area contributed by atoms with Crippen molar-refractivity contribution in [1.82, 2.24) is 0 Å². The number of nitrogens with one attached hydrogen (secondary N) is 1. The maximum absolute atomic E-state index is 7.49. The zero-order chi connectivity index (χ0) is 8.81. The topological polar surface area (TPSA) is 36.9 Å². The van der Waals surface area contributed by atoms with E-state index in [-0.39, 0.29) is 18.9 Å². The van der Waals surface area contributed by atoms with Crippen molar-refractivity contribution >= 4 is 5.70 Å². The molecular formula is C10H10LiNO. The Kier molecular flexibility index (Phi) is 5.87. The van der Waals surface area contributed by atoms with E-state index in [2.05, 4.69) is 6.58 Å². The first-order valence-electron chi connectivity index (χ1n) is 3.59. The third-order valence-electron chi connectivity index (χ3n) is 1.30. The molecular weight excluding hydrogens is 157 g/mol. The van der Waals surface area contributed by atoms with Gasteiger partial charge in [0.1, 0.15) is 5.76 Å². The molecule has 0 aromatic carbocycles. The van der Waals surface area contributed by atoms with E-state index in [1.807, 2.05) is 0 Å². The zero-order valence-electron chi connectivity index (χ0n) is 7.66. The third kappa shape index (κ3) is 3.89. The fraction of sp³-hybridized carbons (Fsp3) is 0. The summed E-state index contributed by atoms with van der Waals surface area (Å²) in [6.07, 6.45) is 8.37. The monoisotopic (exact) mass is 167 g/mol. The van der Waals surface area contributed by atoms with Gasteiger partial charge in [0.05, 0.1) is 6.26 Å². The Morgan fingerprint density at radius 1 is 1.46 bits per heavy atom. The molecule has 0 fully saturated rings. The average molecular weight is 167 g/mol. The fourth-order valence-corrected chi connectivity index (χ4v) is 0.744. The summed E-state index contributed by atoms with van der Waals surface area (Å²) in [7, 11) is 0. The molecule has 0 aliphatic heterocycles. The molecule has 3 heteroatoms. The molecule has 2 nitrogen and oxygen atoms in total. The predicted molar refractivity (Wildman–Crippen MR) is 50.3 cm³/mol. The summed E-state index contributed by atoms with van der Waals surface area (Å²) < 4.78 is 5.01. The van der Waals surface area contributed by atoms with E-state index in [1.165, 1.54) is 0 Å². The van der Waals surface area contributed by atoms with Crippen LogP contribution in [0.1, 0.15) is 5.76 Å². The van der Waals surface area contributed by atoms with Gasteiger partial charge in [0.25, 0.3) is 0 Å². The molecule has 0 radical (unpaired) electrons. The van der Waals surface area contributed by atoms with Crippen LogP contribution in [0.25, 0.3) is 11.4 Å². The van der Waals surface area contributed by atoms with E-state index in [4.69, 9.17) is 10.2 Å². The molecule has 0 spiro atoms. The van der Waals surface area contributed by atoms with Crippen LogP contribution in [0.2, 0.25) is 0 Å². The first-order valence-corrected chi connectivity index (χ1v) is 3.59. The fourth-order valence-electron chi connectivity index (χ4n) is 0.744. The van der Waals surface area contributed by atoms with Crippen LogP contribution in [0.15, 0.2) is 53.7 Å². The summed E-state index contributed by atoms with van der Waals surface area (Å²) in [5.41, 5.74) is 7.85. The Morgan fingerprint density at radius 3 is 2.77 bits per heavy atom. The second-order valence-corrected chi connectivity index (χ2v) is 2.18. The van der Waals surface area contributed by atoms with Crippen molar-refractivity contribution < 1.29 is 23.3 Å². The Hall–Kier alpha value is -1.10. The average Bonchev–Trinajstić information content (AvgIpc) is 2.56. The first-order chi connectivity index (χ1) is 5.84. The molecule has 1 aromatic heterocycles. The Balaban J connectivity index is 0.00000144. The van der Waals surface area contributed by atoms with E-state index in [1.54, 1.807) is 42.7 Å². The zero-order valence-corrected chi connectivity index (χ0v) is 7.66. The minimum absolute atomic E-state index is 0. The second-order valence-electron chi connectivity index (χ2n) is 2.18. The number of hydrogen-bond donors (Lipinski definition) is 0. The summed E-state index contributed by atoms with van der Waals surface area (Å²) in [5, 5.41) is 0. The second kappa shape index (κ2) is 6.42. The molecule has 1 heterocycles. The quantitative estimate of drug-likeness (QED) is 0.474. The van der Waals surface area contributed by atoms with E-state index in [9.17, 15) is 0 Å².